The molecular weight excluding hydrogens is 390 g/mol. The van der Waals surface area contributed by atoms with Gasteiger partial charge in [-0.3, -0.25) is 9.59 Å². The first kappa shape index (κ1) is 21.2. The Hall–Kier alpha value is -2.99. The third kappa shape index (κ3) is 4.69. The Bertz CT molecular complexity index is 1120. The van der Waals surface area contributed by atoms with Crippen molar-refractivity contribution in [2.45, 2.75) is 39.8 Å². The highest BCUT2D eigenvalue weighted by molar-refractivity contribution is 5.97. The van der Waals surface area contributed by atoms with E-state index < -0.39 is 0 Å². The number of amides is 1. The van der Waals surface area contributed by atoms with Gasteiger partial charge in [0.15, 0.2) is 0 Å². The maximum Gasteiger partial charge on any atom is 0.259 e. The summed E-state index contributed by atoms with van der Waals surface area (Å²) in [5.41, 5.74) is 2.62. The molecule has 3 heterocycles. The summed E-state index contributed by atoms with van der Waals surface area (Å²) < 4.78 is 7.80. The third-order valence-electron chi connectivity index (χ3n) is 5.90. The molecule has 1 saturated heterocycles. The van der Waals surface area contributed by atoms with Gasteiger partial charge in [0.1, 0.15) is 11.2 Å². The summed E-state index contributed by atoms with van der Waals surface area (Å²) in [6.07, 6.45) is 3.62. The number of carbonyl (C=O) groups is 1. The van der Waals surface area contributed by atoms with E-state index in [4.69, 9.17) is 4.74 Å². The zero-order valence-corrected chi connectivity index (χ0v) is 18.2. The summed E-state index contributed by atoms with van der Waals surface area (Å²) in [5.74, 6) is 0.0852. The van der Waals surface area contributed by atoms with Crippen molar-refractivity contribution in [3.8, 4) is 0 Å². The Morgan fingerprint density at radius 3 is 2.77 bits per heavy atom. The number of likely N-dealkylation sites (tertiary alicyclic amines) is 1. The first-order chi connectivity index (χ1) is 15.1. The standard InChI is InChI=1S/C25H29N3O3/c1-3-27-15-22(23(29)21-12-11-18(2)26-24(21)27)25(30)28-13-7-10-20(14-28)17-31-16-19-8-5-4-6-9-19/h4-6,8-9,11-12,15,20H,3,7,10,13-14,16-17H2,1-2H3. The maximum atomic E-state index is 13.3. The van der Waals surface area contributed by atoms with E-state index in [2.05, 4.69) is 4.98 Å². The van der Waals surface area contributed by atoms with Crippen LogP contribution in [-0.2, 0) is 17.9 Å². The summed E-state index contributed by atoms with van der Waals surface area (Å²) in [4.78, 5) is 32.7. The number of rotatable bonds is 6. The number of benzene rings is 1. The van der Waals surface area contributed by atoms with Crippen LogP contribution in [0.15, 0.2) is 53.5 Å². The fourth-order valence-electron chi connectivity index (χ4n) is 4.23. The quantitative estimate of drug-likeness (QED) is 0.610. The predicted octanol–water partition coefficient (Wildman–Crippen LogP) is 3.79. The molecule has 31 heavy (non-hydrogen) atoms. The molecule has 0 saturated carbocycles. The van der Waals surface area contributed by atoms with Crippen molar-refractivity contribution in [1.29, 1.82) is 0 Å². The van der Waals surface area contributed by atoms with Crippen LogP contribution in [0.1, 0.15) is 41.4 Å². The van der Waals surface area contributed by atoms with Gasteiger partial charge in [-0.05, 0) is 50.3 Å². The van der Waals surface area contributed by atoms with Gasteiger partial charge >= 0.3 is 0 Å². The Morgan fingerprint density at radius 1 is 1.19 bits per heavy atom. The van der Waals surface area contributed by atoms with Crippen molar-refractivity contribution in [2.75, 3.05) is 19.7 Å². The maximum absolute atomic E-state index is 13.3. The van der Waals surface area contributed by atoms with E-state index in [9.17, 15) is 9.59 Å². The van der Waals surface area contributed by atoms with Crippen LogP contribution < -0.4 is 5.43 Å². The molecule has 2 aromatic heterocycles. The lowest BCUT2D eigenvalue weighted by Gasteiger charge is -2.32. The Kier molecular flexibility index (Phi) is 6.47. The minimum atomic E-state index is -0.236. The molecule has 1 fully saturated rings. The van der Waals surface area contributed by atoms with Crippen molar-refractivity contribution in [3.63, 3.8) is 0 Å². The molecule has 0 N–H and O–H groups in total. The van der Waals surface area contributed by atoms with E-state index in [1.807, 2.05) is 59.7 Å². The highest BCUT2D eigenvalue weighted by Crippen LogP contribution is 2.20. The number of ether oxygens (including phenoxy) is 1. The lowest BCUT2D eigenvalue weighted by atomic mass is 9.98. The van der Waals surface area contributed by atoms with Gasteiger partial charge in [0.05, 0.1) is 18.6 Å². The molecule has 0 bridgehead atoms. The van der Waals surface area contributed by atoms with Gasteiger partial charge in [-0.1, -0.05) is 30.3 Å². The second kappa shape index (κ2) is 9.43. The molecule has 0 spiro atoms. The molecule has 0 aliphatic carbocycles. The van der Waals surface area contributed by atoms with E-state index in [0.717, 1.165) is 24.1 Å². The van der Waals surface area contributed by atoms with Gasteiger partial charge in [-0.2, -0.15) is 0 Å². The Labute approximate surface area is 182 Å². The van der Waals surface area contributed by atoms with Crippen LogP contribution in [0.4, 0.5) is 0 Å². The SMILES string of the molecule is CCn1cc(C(=O)N2CCCC(COCc3ccccc3)C2)c(=O)c2ccc(C)nc21. The van der Waals surface area contributed by atoms with Gasteiger partial charge in [0, 0.05) is 31.5 Å². The van der Waals surface area contributed by atoms with Crippen LogP contribution in [0, 0.1) is 12.8 Å². The fourth-order valence-corrected chi connectivity index (χ4v) is 4.23. The molecule has 1 aliphatic rings. The van der Waals surface area contributed by atoms with E-state index in [-0.39, 0.29) is 22.8 Å². The third-order valence-corrected chi connectivity index (χ3v) is 5.90. The Morgan fingerprint density at radius 2 is 2.00 bits per heavy atom. The van der Waals surface area contributed by atoms with Gasteiger partial charge in [0.25, 0.3) is 5.91 Å². The van der Waals surface area contributed by atoms with Crippen LogP contribution in [0.2, 0.25) is 0 Å². The number of fused-ring (bicyclic) bond motifs is 1. The molecule has 3 aromatic rings. The highest BCUT2D eigenvalue weighted by atomic mass is 16.5. The fraction of sp³-hybridized carbons (Fsp3) is 0.400. The lowest BCUT2D eigenvalue weighted by Crippen LogP contribution is -2.43. The van der Waals surface area contributed by atoms with Crippen molar-refractivity contribution in [2.24, 2.45) is 5.92 Å². The first-order valence-corrected chi connectivity index (χ1v) is 11.0. The van der Waals surface area contributed by atoms with Crippen LogP contribution in [0.5, 0.6) is 0 Å². The zero-order chi connectivity index (χ0) is 21.8. The average molecular weight is 420 g/mol. The molecule has 1 amide bonds. The molecular formula is C25H29N3O3. The smallest absolute Gasteiger partial charge is 0.259 e. The zero-order valence-electron chi connectivity index (χ0n) is 18.2. The van der Waals surface area contributed by atoms with E-state index in [0.29, 0.717) is 43.9 Å². The highest BCUT2D eigenvalue weighted by Gasteiger charge is 2.27. The van der Waals surface area contributed by atoms with E-state index in [1.165, 1.54) is 0 Å². The monoisotopic (exact) mass is 419 g/mol. The minimum absolute atomic E-state index is 0.192. The summed E-state index contributed by atoms with van der Waals surface area (Å²) in [6, 6.07) is 13.7. The second-order valence-corrected chi connectivity index (χ2v) is 8.24. The van der Waals surface area contributed by atoms with Gasteiger partial charge in [-0.25, -0.2) is 4.98 Å². The van der Waals surface area contributed by atoms with Crippen LogP contribution in [0.25, 0.3) is 11.0 Å². The molecule has 1 unspecified atom stereocenters. The number of nitrogens with zero attached hydrogens (tertiary/aromatic N) is 3. The topological polar surface area (TPSA) is 64.4 Å². The summed E-state index contributed by atoms with van der Waals surface area (Å²) in [5, 5.41) is 0.498. The number of carbonyl (C=O) groups excluding carboxylic acids is 1. The van der Waals surface area contributed by atoms with Crippen LogP contribution in [-0.4, -0.2) is 40.1 Å². The van der Waals surface area contributed by atoms with Crippen molar-refractivity contribution < 1.29 is 9.53 Å². The normalized spacial score (nSPS) is 16.6. The van der Waals surface area contributed by atoms with Crippen LogP contribution >= 0.6 is 0 Å². The molecule has 1 atom stereocenters. The number of aryl methyl sites for hydroxylation is 2. The number of hydrogen-bond donors (Lipinski definition) is 0. The molecule has 162 valence electrons. The average Bonchev–Trinajstić information content (AvgIpc) is 2.80. The molecule has 6 nitrogen and oxygen atoms in total. The number of aromatic nitrogens is 2. The first-order valence-electron chi connectivity index (χ1n) is 11.0. The lowest BCUT2D eigenvalue weighted by molar-refractivity contribution is 0.0424. The second-order valence-electron chi connectivity index (χ2n) is 8.24. The van der Waals surface area contributed by atoms with Crippen molar-refractivity contribution in [3.05, 3.63) is 75.7 Å². The van der Waals surface area contributed by atoms with E-state index in [1.54, 1.807) is 12.3 Å². The Balaban J connectivity index is 1.48. The summed E-state index contributed by atoms with van der Waals surface area (Å²) in [7, 11) is 0. The molecule has 1 aliphatic heterocycles. The number of piperidine rings is 1. The van der Waals surface area contributed by atoms with Gasteiger partial charge < -0.3 is 14.2 Å². The molecule has 0 radical (unpaired) electrons. The number of pyridine rings is 2. The molecule has 4 rings (SSSR count). The summed E-state index contributed by atoms with van der Waals surface area (Å²) >= 11 is 0. The van der Waals surface area contributed by atoms with Crippen LogP contribution in [0.3, 0.4) is 0 Å². The van der Waals surface area contributed by atoms with Gasteiger partial charge in [-0.15, -0.1) is 0 Å². The molecule has 6 heteroatoms. The largest absolute Gasteiger partial charge is 0.376 e. The minimum Gasteiger partial charge on any atom is -0.376 e. The van der Waals surface area contributed by atoms with E-state index >= 15 is 0 Å². The van der Waals surface area contributed by atoms with Crippen molar-refractivity contribution >= 4 is 16.9 Å². The predicted molar refractivity (Wildman–Crippen MR) is 121 cm³/mol. The van der Waals surface area contributed by atoms with Gasteiger partial charge in [0.2, 0.25) is 5.43 Å². The summed E-state index contributed by atoms with van der Waals surface area (Å²) in [6.45, 7) is 7.00. The van der Waals surface area contributed by atoms with Crippen molar-refractivity contribution in [1.82, 2.24) is 14.5 Å². The molecule has 1 aromatic carbocycles. The number of hydrogen-bond acceptors (Lipinski definition) is 4.